The van der Waals surface area contributed by atoms with E-state index in [1.54, 1.807) is 25.4 Å². The van der Waals surface area contributed by atoms with E-state index in [0.29, 0.717) is 25.7 Å². The summed E-state index contributed by atoms with van der Waals surface area (Å²) in [6.07, 6.45) is 1.61. The second kappa shape index (κ2) is 7.84. The summed E-state index contributed by atoms with van der Waals surface area (Å²) in [7, 11) is 1.89. The second-order valence-electron chi connectivity index (χ2n) is 5.67. The third-order valence-corrected chi connectivity index (χ3v) is 4.82. The number of nitrogens with one attached hydrogen (secondary N) is 1. The number of hydrogen-bond acceptors (Lipinski definition) is 5. The number of aromatic nitrogens is 1. The van der Waals surface area contributed by atoms with Gasteiger partial charge in [-0.05, 0) is 25.7 Å². The van der Waals surface area contributed by atoms with Crippen LogP contribution in [0.1, 0.15) is 19.4 Å². The lowest BCUT2D eigenvalue weighted by Gasteiger charge is -2.19. The highest BCUT2D eigenvalue weighted by molar-refractivity contribution is 7.89. The van der Waals surface area contributed by atoms with E-state index in [9.17, 15) is 8.42 Å². The molecule has 1 aromatic heterocycles. The Morgan fingerprint density at radius 2 is 1.86 bits per heavy atom. The van der Waals surface area contributed by atoms with Gasteiger partial charge in [-0.1, -0.05) is 19.9 Å². The summed E-state index contributed by atoms with van der Waals surface area (Å²) >= 11 is 0. The largest absolute Gasteiger partial charge is 0.310 e. The van der Waals surface area contributed by atoms with Gasteiger partial charge >= 0.3 is 0 Å². The molecular formula is C14H26N4O2S. The maximum Gasteiger partial charge on any atom is 0.260 e. The summed E-state index contributed by atoms with van der Waals surface area (Å²) in [5, 5.41) is 3.36. The molecule has 0 unspecified atom stereocenters. The lowest BCUT2D eigenvalue weighted by molar-refractivity contribution is 0.358. The fraction of sp³-hybridized carbons (Fsp3) is 0.643. The average molecular weight is 314 g/mol. The van der Waals surface area contributed by atoms with Crippen LogP contribution in [0.2, 0.25) is 0 Å². The third kappa shape index (κ3) is 5.70. The highest BCUT2D eigenvalue weighted by atomic mass is 32.2. The van der Waals surface area contributed by atoms with Crippen molar-refractivity contribution < 1.29 is 8.42 Å². The molecule has 0 aliphatic carbocycles. The molecule has 1 heterocycles. The van der Waals surface area contributed by atoms with Gasteiger partial charge in [0.15, 0.2) is 5.03 Å². The lowest BCUT2D eigenvalue weighted by Crippen LogP contribution is -2.34. The molecule has 6 nitrogen and oxygen atoms in total. The van der Waals surface area contributed by atoms with Crippen LogP contribution in [0.25, 0.3) is 0 Å². The van der Waals surface area contributed by atoms with Crippen LogP contribution in [0.4, 0.5) is 0 Å². The quantitative estimate of drug-likeness (QED) is 0.767. The molecule has 0 atom stereocenters. The van der Waals surface area contributed by atoms with Crippen molar-refractivity contribution in [2.75, 3.05) is 34.2 Å². The summed E-state index contributed by atoms with van der Waals surface area (Å²) in [6.45, 7) is 5.92. The fourth-order valence-corrected chi connectivity index (χ4v) is 2.68. The zero-order valence-corrected chi connectivity index (χ0v) is 14.3. The zero-order valence-electron chi connectivity index (χ0n) is 13.5. The Balaban J connectivity index is 2.75. The standard InChI is InChI=1S/C14H26N4O2S/c1-12(2)15-10-13-6-7-14(16-11-13)21(19,20)18(5)9-8-17(3)4/h6-7,11-12,15H,8-10H2,1-5H3. The van der Waals surface area contributed by atoms with Gasteiger partial charge in [0, 0.05) is 38.9 Å². The number of hydrogen-bond donors (Lipinski definition) is 1. The lowest BCUT2D eigenvalue weighted by atomic mass is 10.2. The zero-order chi connectivity index (χ0) is 16.0. The molecule has 21 heavy (non-hydrogen) atoms. The minimum Gasteiger partial charge on any atom is -0.310 e. The number of nitrogens with zero attached hydrogens (tertiary/aromatic N) is 3. The molecule has 7 heteroatoms. The second-order valence-corrected chi connectivity index (χ2v) is 7.66. The molecule has 0 radical (unpaired) electrons. The van der Waals surface area contributed by atoms with E-state index in [1.165, 1.54) is 4.31 Å². The van der Waals surface area contributed by atoms with Gasteiger partial charge in [-0.3, -0.25) is 0 Å². The summed E-state index contributed by atoms with van der Waals surface area (Å²) in [5.41, 5.74) is 0.971. The number of pyridine rings is 1. The van der Waals surface area contributed by atoms with E-state index < -0.39 is 10.0 Å². The van der Waals surface area contributed by atoms with E-state index in [0.717, 1.165) is 5.56 Å². The van der Waals surface area contributed by atoms with Gasteiger partial charge < -0.3 is 10.2 Å². The fourth-order valence-electron chi connectivity index (χ4n) is 1.61. The first-order chi connectivity index (χ1) is 9.73. The summed E-state index contributed by atoms with van der Waals surface area (Å²) < 4.78 is 26.0. The van der Waals surface area contributed by atoms with Crippen LogP contribution in [0, 0.1) is 0 Å². The SMILES string of the molecule is CC(C)NCc1ccc(S(=O)(=O)N(C)CCN(C)C)nc1. The monoisotopic (exact) mass is 314 g/mol. The van der Waals surface area contributed by atoms with Crippen LogP contribution in [-0.4, -0.2) is 62.9 Å². The van der Waals surface area contributed by atoms with E-state index in [4.69, 9.17) is 0 Å². The van der Waals surface area contributed by atoms with Crippen molar-refractivity contribution in [3.05, 3.63) is 23.9 Å². The molecule has 0 aliphatic rings. The maximum atomic E-state index is 12.4. The van der Waals surface area contributed by atoms with Crippen LogP contribution in [-0.2, 0) is 16.6 Å². The van der Waals surface area contributed by atoms with E-state index in [-0.39, 0.29) is 5.03 Å². The smallest absolute Gasteiger partial charge is 0.260 e. The Morgan fingerprint density at radius 3 is 2.33 bits per heavy atom. The molecule has 1 aromatic rings. The highest BCUT2D eigenvalue weighted by Crippen LogP contribution is 2.12. The van der Waals surface area contributed by atoms with Crippen LogP contribution >= 0.6 is 0 Å². The Labute approximate surface area is 128 Å². The molecule has 0 saturated carbocycles. The Morgan fingerprint density at radius 1 is 1.19 bits per heavy atom. The molecular weight excluding hydrogens is 288 g/mol. The summed E-state index contributed by atoms with van der Waals surface area (Å²) in [4.78, 5) is 6.04. The van der Waals surface area contributed by atoms with Gasteiger partial charge in [0.1, 0.15) is 0 Å². The summed E-state index contributed by atoms with van der Waals surface area (Å²) in [5.74, 6) is 0. The third-order valence-electron chi connectivity index (χ3n) is 3.05. The molecule has 1 rings (SSSR count). The number of likely N-dealkylation sites (N-methyl/N-ethyl adjacent to an activating group) is 2. The number of rotatable bonds is 8. The molecule has 0 aliphatic heterocycles. The van der Waals surface area contributed by atoms with Gasteiger partial charge in [0.2, 0.25) is 0 Å². The Kier molecular flexibility index (Phi) is 6.73. The topological polar surface area (TPSA) is 65.5 Å². The normalized spacial score (nSPS) is 12.6. The molecule has 0 aromatic carbocycles. The first-order valence-electron chi connectivity index (χ1n) is 7.03. The van der Waals surface area contributed by atoms with Crippen molar-refractivity contribution in [1.82, 2.24) is 19.5 Å². The Hall–Kier alpha value is -1.02. The predicted molar refractivity (Wildman–Crippen MR) is 84.6 cm³/mol. The Bertz CT molecular complexity index is 526. The van der Waals surface area contributed by atoms with Crippen LogP contribution < -0.4 is 5.32 Å². The van der Waals surface area contributed by atoms with E-state index in [2.05, 4.69) is 24.1 Å². The molecule has 120 valence electrons. The van der Waals surface area contributed by atoms with Gasteiger partial charge in [0.25, 0.3) is 10.0 Å². The van der Waals surface area contributed by atoms with Crippen molar-refractivity contribution in [3.63, 3.8) is 0 Å². The van der Waals surface area contributed by atoms with E-state index >= 15 is 0 Å². The van der Waals surface area contributed by atoms with Crippen LogP contribution in [0.5, 0.6) is 0 Å². The van der Waals surface area contributed by atoms with Gasteiger partial charge in [0.05, 0.1) is 0 Å². The van der Waals surface area contributed by atoms with E-state index in [1.807, 2.05) is 19.0 Å². The van der Waals surface area contributed by atoms with Crippen LogP contribution in [0.15, 0.2) is 23.4 Å². The molecule has 0 amide bonds. The molecule has 1 N–H and O–H groups in total. The van der Waals surface area contributed by atoms with Gasteiger partial charge in [-0.2, -0.15) is 4.31 Å². The first-order valence-corrected chi connectivity index (χ1v) is 8.47. The number of sulfonamides is 1. The molecule has 0 saturated heterocycles. The minimum absolute atomic E-state index is 0.0945. The van der Waals surface area contributed by atoms with Crippen LogP contribution in [0.3, 0.4) is 0 Å². The predicted octanol–water partition coefficient (Wildman–Crippen LogP) is 0.762. The van der Waals surface area contributed by atoms with Crippen molar-refractivity contribution >= 4 is 10.0 Å². The van der Waals surface area contributed by atoms with Gasteiger partial charge in [-0.25, -0.2) is 13.4 Å². The van der Waals surface area contributed by atoms with Crippen molar-refractivity contribution in [3.8, 4) is 0 Å². The molecule has 0 fully saturated rings. The van der Waals surface area contributed by atoms with Gasteiger partial charge in [-0.15, -0.1) is 0 Å². The van der Waals surface area contributed by atoms with Crippen molar-refractivity contribution in [2.45, 2.75) is 31.5 Å². The van der Waals surface area contributed by atoms with Crippen molar-refractivity contribution in [1.29, 1.82) is 0 Å². The molecule has 0 spiro atoms. The average Bonchev–Trinajstić information content (AvgIpc) is 2.42. The minimum atomic E-state index is -3.51. The summed E-state index contributed by atoms with van der Waals surface area (Å²) in [6, 6.07) is 3.75. The first kappa shape index (κ1) is 18.0. The maximum absolute atomic E-state index is 12.4. The van der Waals surface area contributed by atoms with Crippen molar-refractivity contribution in [2.24, 2.45) is 0 Å². The highest BCUT2D eigenvalue weighted by Gasteiger charge is 2.21. The molecule has 0 bridgehead atoms.